The van der Waals surface area contributed by atoms with Crippen molar-refractivity contribution in [3.63, 3.8) is 0 Å². The molecule has 0 bridgehead atoms. The van der Waals surface area contributed by atoms with E-state index in [1.165, 1.54) is 6.42 Å². The summed E-state index contributed by atoms with van der Waals surface area (Å²) in [6.07, 6.45) is 2.71. The van der Waals surface area contributed by atoms with Crippen molar-refractivity contribution in [1.29, 1.82) is 0 Å². The number of halogens is 2. The highest BCUT2D eigenvalue weighted by Crippen LogP contribution is 2.31. The number of hydrogen-bond donors (Lipinski definition) is 1. The minimum Gasteiger partial charge on any atom is -0.490 e. The van der Waals surface area contributed by atoms with Gasteiger partial charge in [0, 0.05) is 24.2 Å². The van der Waals surface area contributed by atoms with Gasteiger partial charge in [-0.05, 0) is 37.5 Å². The lowest BCUT2D eigenvalue weighted by molar-refractivity contribution is 0.109. The Hall–Kier alpha value is -0.290. The number of benzene rings is 1. The molecule has 1 aromatic carbocycles. The second-order valence-corrected chi connectivity index (χ2v) is 6.04. The van der Waals surface area contributed by atoms with Crippen LogP contribution in [-0.4, -0.2) is 32.4 Å². The van der Waals surface area contributed by atoms with Gasteiger partial charge >= 0.3 is 0 Å². The Morgan fingerprint density at radius 3 is 3.05 bits per heavy atom. The van der Waals surface area contributed by atoms with E-state index in [1.54, 1.807) is 0 Å². The topological polar surface area (TPSA) is 30.5 Å². The number of hydrogen-bond acceptors (Lipinski definition) is 3. The van der Waals surface area contributed by atoms with E-state index in [-0.39, 0.29) is 0 Å². The Balaban J connectivity index is 1.70. The van der Waals surface area contributed by atoms with E-state index in [9.17, 15) is 0 Å². The minimum atomic E-state index is 0.373. The van der Waals surface area contributed by atoms with E-state index in [1.807, 2.05) is 19.1 Å². The summed E-state index contributed by atoms with van der Waals surface area (Å²) in [7, 11) is 0. The molecule has 19 heavy (non-hydrogen) atoms. The van der Waals surface area contributed by atoms with E-state index in [2.05, 4.69) is 21.2 Å². The summed E-state index contributed by atoms with van der Waals surface area (Å²) < 4.78 is 12.2. The van der Waals surface area contributed by atoms with E-state index in [0.29, 0.717) is 17.7 Å². The first-order valence-corrected chi connectivity index (χ1v) is 7.74. The standard InChI is InChI=1S/C14H19BrClNO2/c1-10-7-11(15)8-13(16)14(10)19-6-4-17-9-12-3-2-5-18-12/h7-8,12,17H,2-6,9H2,1H3. The number of nitrogens with one attached hydrogen (secondary N) is 1. The van der Waals surface area contributed by atoms with Crippen molar-refractivity contribution in [3.8, 4) is 5.75 Å². The fourth-order valence-corrected chi connectivity index (χ4v) is 3.19. The monoisotopic (exact) mass is 347 g/mol. The lowest BCUT2D eigenvalue weighted by Gasteiger charge is -2.13. The zero-order valence-corrected chi connectivity index (χ0v) is 13.4. The Morgan fingerprint density at radius 1 is 1.53 bits per heavy atom. The van der Waals surface area contributed by atoms with Crippen LogP contribution in [0, 0.1) is 6.92 Å². The molecule has 2 rings (SSSR count). The smallest absolute Gasteiger partial charge is 0.140 e. The molecule has 0 spiro atoms. The summed E-state index contributed by atoms with van der Waals surface area (Å²) in [6, 6.07) is 3.85. The molecule has 1 N–H and O–H groups in total. The summed E-state index contributed by atoms with van der Waals surface area (Å²) in [6.45, 7) is 5.19. The number of rotatable bonds is 6. The molecule has 0 radical (unpaired) electrons. The molecule has 1 saturated heterocycles. The third-order valence-electron chi connectivity index (χ3n) is 3.12. The quantitative estimate of drug-likeness (QED) is 0.797. The van der Waals surface area contributed by atoms with E-state index in [4.69, 9.17) is 21.1 Å². The Kier molecular flexibility index (Phi) is 5.95. The van der Waals surface area contributed by atoms with Gasteiger partial charge in [0.1, 0.15) is 12.4 Å². The zero-order chi connectivity index (χ0) is 13.7. The summed E-state index contributed by atoms with van der Waals surface area (Å²) in [5.41, 5.74) is 1.04. The van der Waals surface area contributed by atoms with Gasteiger partial charge in [-0.1, -0.05) is 27.5 Å². The summed E-state index contributed by atoms with van der Waals surface area (Å²) >= 11 is 9.57. The van der Waals surface area contributed by atoms with Gasteiger partial charge < -0.3 is 14.8 Å². The Morgan fingerprint density at radius 2 is 2.37 bits per heavy atom. The molecule has 5 heteroatoms. The largest absolute Gasteiger partial charge is 0.490 e. The second-order valence-electron chi connectivity index (χ2n) is 4.72. The molecule has 0 aliphatic carbocycles. The molecule has 0 saturated carbocycles. The van der Waals surface area contributed by atoms with Crippen molar-refractivity contribution in [2.75, 3.05) is 26.3 Å². The fraction of sp³-hybridized carbons (Fsp3) is 0.571. The van der Waals surface area contributed by atoms with Crippen LogP contribution < -0.4 is 10.1 Å². The van der Waals surface area contributed by atoms with Crippen LogP contribution in [0.3, 0.4) is 0 Å². The molecule has 0 aromatic heterocycles. The van der Waals surface area contributed by atoms with E-state index >= 15 is 0 Å². The number of ether oxygens (including phenoxy) is 2. The molecule has 1 aromatic rings. The van der Waals surface area contributed by atoms with Gasteiger partial charge in [0.25, 0.3) is 0 Å². The van der Waals surface area contributed by atoms with Gasteiger partial charge in [0.05, 0.1) is 11.1 Å². The summed E-state index contributed by atoms with van der Waals surface area (Å²) in [5.74, 6) is 0.767. The highest BCUT2D eigenvalue weighted by molar-refractivity contribution is 9.10. The van der Waals surface area contributed by atoms with Crippen LogP contribution in [0.5, 0.6) is 5.75 Å². The van der Waals surface area contributed by atoms with Gasteiger partial charge in [-0.15, -0.1) is 0 Å². The van der Waals surface area contributed by atoms with Crippen LogP contribution in [0.4, 0.5) is 0 Å². The maximum Gasteiger partial charge on any atom is 0.140 e. The fourth-order valence-electron chi connectivity index (χ4n) is 2.17. The van der Waals surface area contributed by atoms with Crippen molar-refractivity contribution in [1.82, 2.24) is 5.32 Å². The van der Waals surface area contributed by atoms with Crippen molar-refractivity contribution in [2.45, 2.75) is 25.9 Å². The van der Waals surface area contributed by atoms with Crippen LogP contribution in [0.1, 0.15) is 18.4 Å². The van der Waals surface area contributed by atoms with Crippen LogP contribution in [0.2, 0.25) is 5.02 Å². The lowest BCUT2D eigenvalue weighted by Crippen LogP contribution is -2.29. The molecular formula is C14H19BrClNO2. The van der Waals surface area contributed by atoms with Crippen LogP contribution >= 0.6 is 27.5 Å². The molecule has 1 aliphatic rings. The average Bonchev–Trinajstić information content (AvgIpc) is 2.84. The normalized spacial score (nSPS) is 18.8. The van der Waals surface area contributed by atoms with Gasteiger partial charge in [0.2, 0.25) is 0 Å². The number of aryl methyl sites for hydroxylation is 1. The van der Waals surface area contributed by atoms with Crippen molar-refractivity contribution < 1.29 is 9.47 Å². The molecule has 3 nitrogen and oxygen atoms in total. The SMILES string of the molecule is Cc1cc(Br)cc(Cl)c1OCCNCC1CCCO1. The third-order valence-corrected chi connectivity index (χ3v) is 3.85. The highest BCUT2D eigenvalue weighted by atomic mass is 79.9. The molecule has 0 amide bonds. The highest BCUT2D eigenvalue weighted by Gasteiger charge is 2.14. The molecule has 106 valence electrons. The van der Waals surface area contributed by atoms with Gasteiger partial charge in [-0.2, -0.15) is 0 Å². The van der Waals surface area contributed by atoms with Crippen LogP contribution in [-0.2, 0) is 4.74 Å². The van der Waals surface area contributed by atoms with Crippen molar-refractivity contribution in [2.24, 2.45) is 0 Å². The summed E-state index contributed by atoms with van der Waals surface area (Å²) in [4.78, 5) is 0. The van der Waals surface area contributed by atoms with Gasteiger partial charge in [-0.25, -0.2) is 0 Å². The van der Waals surface area contributed by atoms with Crippen LogP contribution in [0.25, 0.3) is 0 Å². The van der Waals surface area contributed by atoms with E-state index < -0.39 is 0 Å². The van der Waals surface area contributed by atoms with Crippen LogP contribution in [0.15, 0.2) is 16.6 Å². The third kappa shape index (κ3) is 4.63. The zero-order valence-electron chi connectivity index (χ0n) is 11.0. The Bertz CT molecular complexity index is 399. The summed E-state index contributed by atoms with van der Waals surface area (Å²) in [5, 5.41) is 3.99. The predicted octanol–water partition coefficient (Wildman–Crippen LogP) is 3.56. The first-order valence-electron chi connectivity index (χ1n) is 6.57. The maximum absolute atomic E-state index is 6.16. The minimum absolute atomic E-state index is 0.373. The molecule has 1 unspecified atom stereocenters. The van der Waals surface area contributed by atoms with E-state index in [0.717, 1.165) is 41.9 Å². The lowest BCUT2D eigenvalue weighted by atomic mass is 10.2. The van der Waals surface area contributed by atoms with Gasteiger partial charge in [0.15, 0.2) is 0 Å². The average molecular weight is 349 g/mol. The molecule has 1 atom stereocenters. The Labute approximate surface area is 127 Å². The molecule has 1 aliphatic heterocycles. The molecular weight excluding hydrogens is 330 g/mol. The second kappa shape index (κ2) is 7.48. The first kappa shape index (κ1) is 15.1. The van der Waals surface area contributed by atoms with Crippen molar-refractivity contribution >= 4 is 27.5 Å². The van der Waals surface area contributed by atoms with Crippen molar-refractivity contribution in [3.05, 3.63) is 27.2 Å². The maximum atomic E-state index is 6.16. The first-order chi connectivity index (χ1) is 9.16. The molecule has 1 heterocycles. The predicted molar refractivity (Wildman–Crippen MR) is 81.2 cm³/mol. The van der Waals surface area contributed by atoms with Gasteiger partial charge in [-0.3, -0.25) is 0 Å². The molecule has 1 fully saturated rings.